The summed E-state index contributed by atoms with van der Waals surface area (Å²) in [6.07, 6.45) is 1.54. The Kier molecular flexibility index (Phi) is 4.09. The van der Waals surface area contributed by atoms with Gasteiger partial charge in [-0.25, -0.2) is 13.2 Å². The summed E-state index contributed by atoms with van der Waals surface area (Å²) in [6.45, 7) is 2.70. The van der Waals surface area contributed by atoms with Crippen molar-refractivity contribution in [3.05, 3.63) is 29.6 Å². The van der Waals surface area contributed by atoms with E-state index in [1.165, 1.54) is 0 Å². The van der Waals surface area contributed by atoms with E-state index in [1.54, 1.807) is 0 Å². The van der Waals surface area contributed by atoms with Crippen molar-refractivity contribution < 1.29 is 18.0 Å². The lowest BCUT2D eigenvalue weighted by atomic mass is 9.91. The molecule has 2 atom stereocenters. The van der Waals surface area contributed by atoms with E-state index in [0.717, 1.165) is 13.0 Å². The monoisotopic (exact) mass is 272 g/mol. The number of rotatable bonds is 2. The van der Waals surface area contributed by atoms with Crippen LogP contribution in [0.1, 0.15) is 19.8 Å². The Hall–Kier alpha value is -1.56. The van der Waals surface area contributed by atoms with E-state index in [0.29, 0.717) is 18.6 Å². The second-order valence-corrected chi connectivity index (χ2v) is 4.73. The van der Waals surface area contributed by atoms with Crippen LogP contribution in [-0.2, 0) is 4.79 Å². The Bertz CT molecular complexity index is 493. The average Bonchev–Trinajstić information content (AvgIpc) is 2.36. The average molecular weight is 272 g/mol. The van der Waals surface area contributed by atoms with Crippen molar-refractivity contribution in [2.75, 3.05) is 11.9 Å². The molecule has 1 aromatic carbocycles. The topological polar surface area (TPSA) is 41.1 Å². The largest absolute Gasteiger partial charge is 0.323 e. The first-order valence-electron chi connectivity index (χ1n) is 6.18. The molecule has 3 nitrogen and oxygen atoms in total. The minimum atomic E-state index is -1.27. The maximum atomic E-state index is 13.4. The Balaban J connectivity index is 2.12. The number of carbonyl (C=O) groups excluding carboxylic acids is 1. The van der Waals surface area contributed by atoms with Gasteiger partial charge in [0.1, 0.15) is 5.82 Å². The SMILES string of the molecule is CC1NCCCC1C(=O)Nc1cc(F)c(F)cc1F. The number of hydrogen-bond acceptors (Lipinski definition) is 2. The van der Waals surface area contributed by atoms with Crippen molar-refractivity contribution >= 4 is 11.6 Å². The zero-order valence-corrected chi connectivity index (χ0v) is 10.5. The van der Waals surface area contributed by atoms with Crippen molar-refractivity contribution in [3.8, 4) is 0 Å². The fourth-order valence-electron chi connectivity index (χ4n) is 2.25. The highest BCUT2D eigenvalue weighted by Gasteiger charge is 2.28. The van der Waals surface area contributed by atoms with Crippen LogP contribution in [0.2, 0.25) is 0 Å². The van der Waals surface area contributed by atoms with Crippen LogP contribution >= 0.6 is 0 Å². The summed E-state index contributed by atoms with van der Waals surface area (Å²) in [4.78, 5) is 12.0. The van der Waals surface area contributed by atoms with Crippen molar-refractivity contribution in [3.63, 3.8) is 0 Å². The normalized spacial score (nSPS) is 23.2. The lowest BCUT2D eigenvalue weighted by Gasteiger charge is -2.28. The Labute approximate surface area is 109 Å². The molecule has 1 heterocycles. The molecule has 0 spiro atoms. The number of carbonyl (C=O) groups is 1. The fourth-order valence-corrected chi connectivity index (χ4v) is 2.25. The standard InChI is InChI=1S/C13H15F3N2O/c1-7-8(3-2-4-17-7)13(19)18-12-6-10(15)9(14)5-11(12)16/h5-8,17H,2-4H2,1H3,(H,18,19). The van der Waals surface area contributed by atoms with E-state index < -0.39 is 17.5 Å². The van der Waals surface area contributed by atoms with Gasteiger partial charge in [0.05, 0.1) is 11.6 Å². The molecule has 1 fully saturated rings. The predicted molar refractivity (Wildman–Crippen MR) is 65.1 cm³/mol. The van der Waals surface area contributed by atoms with Gasteiger partial charge in [-0.3, -0.25) is 4.79 Å². The van der Waals surface area contributed by atoms with Crippen LogP contribution in [0.15, 0.2) is 12.1 Å². The fraction of sp³-hybridized carbons (Fsp3) is 0.462. The van der Waals surface area contributed by atoms with E-state index in [2.05, 4.69) is 10.6 Å². The highest BCUT2D eigenvalue weighted by molar-refractivity contribution is 5.93. The summed E-state index contributed by atoms with van der Waals surface area (Å²) in [5, 5.41) is 5.46. The molecule has 0 saturated carbocycles. The number of benzene rings is 1. The molecule has 0 aliphatic carbocycles. The van der Waals surface area contributed by atoms with Crippen LogP contribution in [0.5, 0.6) is 0 Å². The second-order valence-electron chi connectivity index (χ2n) is 4.73. The molecule has 19 heavy (non-hydrogen) atoms. The van der Waals surface area contributed by atoms with Crippen LogP contribution in [-0.4, -0.2) is 18.5 Å². The third-order valence-corrected chi connectivity index (χ3v) is 3.37. The molecule has 1 saturated heterocycles. The zero-order valence-electron chi connectivity index (χ0n) is 10.5. The first-order valence-corrected chi connectivity index (χ1v) is 6.18. The first kappa shape index (κ1) is 13.9. The summed E-state index contributed by atoms with van der Waals surface area (Å²) >= 11 is 0. The molecule has 0 radical (unpaired) electrons. The Morgan fingerprint density at radius 2 is 1.95 bits per heavy atom. The van der Waals surface area contributed by atoms with Gasteiger partial charge < -0.3 is 10.6 Å². The summed E-state index contributed by atoms with van der Waals surface area (Å²) in [5.74, 6) is -4.13. The molecule has 0 aromatic heterocycles. The van der Waals surface area contributed by atoms with E-state index >= 15 is 0 Å². The van der Waals surface area contributed by atoms with Crippen LogP contribution in [0.4, 0.5) is 18.9 Å². The summed E-state index contributed by atoms with van der Waals surface area (Å²) < 4.78 is 39.2. The third kappa shape index (κ3) is 3.07. The molecule has 2 unspecified atom stereocenters. The predicted octanol–water partition coefficient (Wildman–Crippen LogP) is 2.43. The van der Waals surface area contributed by atoms with E-state index in [4.69, 9.17) is 0 Å². The molecule has 2 N–H and O–H groups in total. The van der Waals surface area contributed by atoms with Crippen molar-refractivity contribution in [1.82, 2.24) is 5.32 Å². The third-order valence-electron chi connectivity index (χ3n) is 3.37. The number of piperidine rings is 1. The zero-order chi connectivity index (χ0) is 14.0. The van der Waals surface area contributed by atoms with Crippen LogP contribution < -0.4 is 10.6 Å². The number of hydrogen-bond donors (Lipinski definition) is 2. The molecule has 2 rings (SSSR count). The first-order chi connectivity index (χ1) is 8.99. The van der Waals surface area contributed by atoms with Crippen molar-refractivity contribution in [1.29, 1.82) is 0 Å². The molecular weight excluding hydrogens is 257 g/mol. The van der Waals surface area contributed by atoms with Crippen molar-refractivity contribution in [2.24, 2.45) is 5.92 Å². The number of nitrogens with one attached hydrogen (secondary N) is 2. The molecule has 0 bridgehead atoms. The van der Waals surface area contributed by atoms with Gasteiger partial charge in [-0.1, -0.05) is 0 Å². The van der Waals surface area contributed by atoms with Crippen LogP contribution in [0, 0.1) is 23.4 Å². The lowest BCUT2D eigenvalue weighted by Crippen LogP contribution is -2.44. The van der Waals surface area contributed by atoms with E-state index in [1.807, 2.05) is 6.92 Å². The maximum Gasteiger partial charge on any atom is 0.229 e. The molecule has 1 aliphatic heterocycles. The van der Waals surface area contributed by atoms with Gasteiger partial charge in [0, 0.05) is 18.2 Å². The smallest absolute Gasteiger partial charge is 0.229 e. The molecule has 1 aliphatic rings. The van der Waals surface area contributed by atoms with Gasteiger partial charge in [-0.2, -0.15) is 0 Å². The summed E-state index contributed by atoms with van der Waals surface area (Å²) in [7, 11) is 0. The quantitative estimate of drug-likeness (QED) is 0.812. The van der Waals surface area contributed by atoms with Crippen LogP contribution in [0.25, 0.3) is 0 Å². The molecule has 6 heteroatoms. The Morgan fingerprint density at radius 1 is 1.26 bits per heavy atom. The number of amides is 1. The minimum absolute atomic E-state index is 0.0258. The van der Waals surface area contributed by atoms with Gasteiger partial charge in [0.15, 0.2) is 11.6 Å². The highest BCUT2D eigenvalue weighted by atomic mass is 19.2. The summed E-state index contributed by atoms with van der Waals surface area (Å²) in [6, 6.07) is 1.05. The number of halogens is 3. The van der Waals surface area contributed by atoms with Gasteiger partial charge in [0.2, 0.25) is 5.91 Å². The van der Waals surface area contributed by atoms with Crippen LogP contribution in [0.3, 0.4) is 0 Å². The summed E-state index contributed by atoms with van der Waals surface area (Å²) in [5.41, 5.74) is -0.332. The maximum absolute atomic E-state index is 13.4. The molecule has 104 valence electrons. The molecule has 1 amide bonds. The highest BCUT2D eigenvalue weighted by Crippen LogP contribution is 2.22. The van der Waals surface area contributed by atoms with Gasteiger partial charge >= 0.3 is 0 Å². The second kappa shape index (κ2) is 5.61. The van der Waals surface area contributed by atoms with E-state index in [-0.39, 0.29) is 23.6 Å². The van der Waals surface area contributed by atoms with Gasteiger partial charge in [0.25, 0.3) is 0 Å². The minimum Gasteiger partial charge on any atom is -0.323 e. The van der Waals surface area contributed by atoms with E-state index in [9.17, 15) is 18.0 Å². The van der Waals surface area contributed by atoms with Gasteiger partial charge in [-0.05, 0) is 26.3 Å². The van der Waals surface area contributed by atoms with Crippen molar-refractivity contribution in [2.45, 2.75) is 25.8 Å². The molecule has 1 aromatic rings. The van der Waals surface area contributed by atoms with Gasteiger partial charge in [-0.15, -0.1) is 0 Å². The lowest BCUT2D eigenvalue weighted by molar-refractivity contribution is -0.121. The molecular formula is C13H15F3N2O. The Morgan fingerprint density at radius 3 is 2.63 bits per heavy atom. The number of anilines is 1.